The number of nitrogens with zero attached hydrogens (tertiary/aromatic N) is 1. The number of ether oxygens (including phenoxy) is 2. The summed E-state index contributed by atoms with van der Waals surface area (Å²) in [5.41, 5.74) is -0.467. The summed E-state index contributed by atoms with van der Waals surface area (Å²) in [6.07, 6.45) is 3.16. The van der Waals surface area contributed by atoms with Gasteiger partial charge in [-0.3, -0.25) is 9.79 Å². The number of unbranched alkanes of at least 4 members (excludes halogenated alkanes) is 1. The van der Waals surface area contributed by atoms with Gasteiger partial charge in [0.2, 0.25) is 0 Å². The van der Waals surface area contributed by atoms with Crippen LogP contribution in [0.4, 0.5) is 0 Å². The highest BCUT2D eigenvalue weighted by Crippen LogP contribution is 2.06. The third-order valence-corrected chi connectivity index (χ3v) is 2.44. The van der Waals surface area contributed by atoms with Crippen molar-refractivity contribution in [3.05, 3.63) is 0 Å². The lowest BCUT2D eigenvalue weighted by atomic mass is 10.2. The molecule has 2 N–H and O–H groups in total. The van der Waals surface area contributed by atoms with Crippen molar-refractivity contribution < 1.29 is 14.3 Å². The van der Waals surface area contributed by atoms with Crippen LogP contribution in [-0.2, 0) is 14.3 Å². The molecule has 0 aliphatic rings. The van der Waals surface area contributed by atoms with Crippen molar-refractivity contribution in [2.24, 2.45) is 4.99 Å². The zero-order valence-corrected chi connectivity index (χ0v) is 14.1. The maximum absolute atomic E-state index is 11.6. The second-order valence-electron chi connectivity index (χ2n) is 5.76. The number of guanidine groups is 1. The van der Waals surface area contributed by atoms with Crippen LogP contribution in [0.5, 0.6) is 0 Å². The lowest BCUT2D eigenvalue weighted by molar-refractivity contribution is -0.153. The molecule has 0 bridgehead atoms. The highest BCUT2D eigenvalue weighted by Gasteiger charge is 2.16. The van der Waals surface area contributed by atoms with Crippen LogP contribution in [-0.4, -0.2) is 50.9 Å². The van der Waals surface area contributed by atoms with Crippen LogP contribution in [0.25, 0.3) is 0 Å². The van der Waals surface area contributed by atoms with E-state index in [2.05, 4.69) is 22.5 Å². The summed E-state index contributed by atoms with van der Waals surface area (Å²) in [4.78, 5) is 15.6. The summed E-state index contributed by atoms with van der Waals surface area (Å²) < 4.78 is 10.7. The average Bonchev–Trinajstić information content (AvgIpc) is 2.39. The average molecular weight is 301 g/mol. The van der Waals surface area contributed by atoms with Crippen LogP contribution in [0.3, 0.4) is 0 Å². The minimum Gasteiger partial charge on any atom is -0.459 e. The summed E-state index contributed by atoms with van der Waals surface area (Å²) in [5, 5.41) is 6.06. The first-order chi connectivity index (χ1) is 9.89. The number of hydrogen-bond acceptors (Lipinski definition) is 4. The summed E-state index contributed by atoms with van der Waals surface area (Å²) in [5.74, 6) is 0.294. The Kier molecular flexibility index (Phi) is 10.7. The molecule has 0 aromatic heterocycles. The molecule has 0 aromatic carbocycles. The zero-order chi connectivity index (χ0) is 16.1. The fourth-order valence-corrected chi connectivity index (χ4v) is 1.48. The first kappa shape index (κ1) is 19.7. The van der Waals surface area contributed by atoms with Crippen LogP contribution in [0.15, 0.2) is 4.99 Å². The van der Waals surface area contributed by atoms with Gasteiger partial charge in [0.15, 0.2) is 5.96 Å². The van der Waals surface area contributed by atoms with E-state index in [1.54, 1.807) is 7.05 Å². The Balaban J connectivity index is 3.70. The van der Waals surface area contributed by atoms with Crippen molar-refractivity contribution >= 4 is 11.9 Å². The largest absolute Gasteiger partial charge is 0.459 e. The van der Waals surface area contributed by atoms with E-state index in [4.69, 9.17) is 9.47 Å². The van der Waals surface area contributed by atoms with Crippen LogP contribution >= 0.6 is 0 Å². The number of hydrogen-bond donors (Lipinski definition) is 2. The number of carbonyl (C=O) groups excluding carboxylic acids is 1. The number of carbonyl (C=O) groups is 1. The van der Waals surface area contributed by atoms with Gasteiger partial charge >= 0.3 is 5.97 Å². The Morgan fingerprint density at radius 3 is 2.38 bits per heavy atom. The van der Waals surface area contributed by atoms with Gasteiger partial charge in [0.1, 0.15) is 12.1 Å². The maximum Gasteiger partial charge on any atom is 0.325 e. The first-order valence-electron chi connectivity index (χ1n) is 7.63. The van der Waals surface area contributed by atoms with E-state index in [1.807, 2.05) is 20.8 Å². The van der Waals surface area contributed by atoms with Gasteiger partial charge in [-0.1, -0.05) is 13.3 Å². The van der Waals surface area contributed by atoms with E-state index in [0.717, 1.165) is 39.0 Å². The van der Waals surface area contributed by atoms with E-state index >= 15 is 0 Å². The Morgan fingerprint density at radius 2 is 1.81 bits per heavy atom. The smallest absolute Gasteiger partial charge is 0.325 e. The molecule has 0 atom stereocenters. The van der Waals surface area contributed by atoms with E-state index in [0.29, 0.717) is 5.96 Å². The van der Waals surface area contributed by atoms with Crippen molar-refractivity contribution in [3.63, 3.8) is 0 Å². The van der Waals surface area contributed by atoms with Gasteiger partial charge in [0, 0.05) is 26.8 Å². The SMILES string of the molecule is CCCCOCCCNC(=NC)NCC(=O)OC(C)(C)C. The molecular weight excluding hydrogens is 270 g/mol. The van der Waals surface area contributed by atoms with Gasteiger partial charge in [-0.05, 0) is 33.6 Å². The molecule has 0 radical (unpaired) electrons. The second kappa shape index (κ2) is 11.4. The highest BCUT2D eigenvalue weighted by atomic mass is 16.6. The molecule has 0 amide bonds. The van der Waals surface area contributed by atoms with Gasteiger partial charge in [0.05, 0.1) is 0 Å². The number of aliphatic imine (C=N–C) groups is 1. The van der Waals surface area contributed by atoms with E-state index in [-0.39, 0.29) is 12.5 Å². The van der Waals surface area contributed by atoms with E-state index < -0.39 is 5.60 Å². The molecule has 0 saturated heterocycles. The minimum atomic E-state index is -0.467. The lowest BCUT2D eigenvalue weighted by Gasteiger charge is -2.20. The number of esters is 1. The molecule has 0 aliphatic heterocycles. The van der Waals surface area contributed by atoms with Crippen molar-refractivity contribution in [2.45, 2.75) is 52.6 Å². The first-order valence-corrected chi connectivity index (χ1v) is 7.63. The quantitative estimate of drug-likeness (QED) is 0.293. The zero-order valence-electron chi connectivity index (χ0n) is 14.1. The van der Waals surface area contributed by atoms with Gasteiger partial charge in [-0.15, -0.1) is 0 Å². The standard InChI is InChI=1S/C15H31N3O3/c1-6-7-10-20-11-8-9-17-14(16-5)18-12-13(19)21-15(2,3)4/h6-12H2,1-5H3,(H2,16,17,18). The van der Waals surface area contributed by atoms with Crippen molar-refractivity contribution in [1.29, 1.82) is 0 Å². The Hall–Kier alpha value is -1.30. The van der Waals surface area contributed by atoms with Gasteiger partial charge in [-0.25, -0.2) is 0 Å². The molecule has 0 saturated carbocycles. The second-order valence-corrected chi connectivity index (χ2v) is 5.76. The van der Waals surface area contributed by atoms with Crippen LogP contribution in [0.1, 0.15) is 47.0 Å². The molecule has 6 heteroatoms. The number of rotatable bonds is 9. The summed E-state index contributed by atoms with van der Waals surface area (Å²) in [7, 11) is 1.67. The topological polar surface area (TPSA) is 72.0 Å². The van der Waals surface area contributed by atoms with Gasteiger partial charge < -0.3 is 20.1 Å². The molecular formula is C15H31N3O3. The molecule has 0 rings (SSSR count). The Morgan fingerprint density at radius 1 is 1.14 bits per heavy atom. The van der Waals surface area contributed by atoms with Crippen molar-refractivity contribution in [1.82, 2.24) is 10.6 Å². The minimum absolute atomic E-state index is 0.101. The molecule has 0 heterocycles. The van der Waals surface area contributed by atoms with Crippen LogP contribution in [0, 0.1) is 0 Å². The van der Waals surface area contributed by atoms with E-state index in [9.17, 15) is 4.79 Å². The summed E-state index contributed by atoms with van der Waals surface area (Å²) in [6.45, 7) is 10.1. The van der Waals surface area contributed by atoms with Crippen molar-refractivity contribution in [2.75, 3.05) is 33.4 Å². The summed E-state index contributed by atoms with van der Waals surface area (Å²) in [6, 6.07) is 0. The molecule has 0 aliphatic carbocycles. The third kappa shape index (κ3) is 13.4. The normalized spacial score (nSPS) is 12.1. The molecule has 0 aromatic rings. The molecule has 6 nitrogen and oxygen atoms in total. The monoisotopic (exact) mass is 301 g/mol. The third-order valence-electron chi connectivity index (χ3n) is 2.44. The summed E-state index contributed by atoms with van der Waals surface area (Å²) >= 11 is 0. The fourth-order valence-electron chi connectivity index (χ4n) is 1.48. The molecule has 21 heavy (non-hydrogen) atoms. The molecule has 0 fully saturated rings. The molecule has 124 valence electrons. The number of nitrogens with one attached hydrogen (secondary N) is 2. The molecule has 0 spiro atoms. The lowest BCUT2D eigenvalue weighted by Crippen LogP contribution is -2.42. The van der Waals surface area contributed by atoms with Crippen LogP contribution in [0.2, 0.25) is 0 Å². The Bertz CT molecular complexity index is 312. The predicted molar refractivity (Wildman–Crippen MR) is 85.6 cm³/mol. The van der Waals surface area contributed by atoms with Crippen LogP contribution < -0.4 is 10.6 Å². The highest BCUT2D eigenvalue weighted by molar-refractivity contribution is 5.84. The fraction of sp³-hybridized carbons (Fsp3) is 0.867. The van der Waals surface area contributed by atoms with Crippen molar-refractivity contribution in [3.8, 4) is 0 Å². The van der Waals surface area contributed by atoms with Gasteiger partial charge in [0.25, 0.3) is 0 Å². The Labute approximate surface area is 128 Å². The predicted octanol–water partition coefficient (Wildman–Crippen LogP) is 1.70. The van der Waals surface area contributed by atoms with Gasteiger partial charge in [-0.2, -0.15) is 0 Å². The van der Waals surface area contributed by atoms with E-state index in [1.165, 1.54) is 0 Å². The maximum atomic E-state index is 11.6. The molecule has 0 unspecified atom stereocenters.